The molecule has 1 aliphatic heterocycles. The van der Waals surface area contributed by atoms with E-state index < -0.39 is 0 Å². The number of hydrogen-bond donors (Lipinski definition) is 2. The van der Waals surface area contributed by atoms with E-state index in [1.165, 1.54) is 18.4 Å². The molecule has 2 atom stereocenters. The Morgan fingerprint density at radius 3 is 2.50 bits per heavy atom. The lowest BCUT2D eigenvalue weighted by Crippen LogP contribution is -2.46. The highest BCUT2D eigenvalue weighted by atomic mass is 16.2. The fourth-order valence-corrected chi connectivity index (χ4v) is 4.17. The number of rotatable bonds is 6. The van der Waals surface area contributed by atoms with Gasteiger partial charge in [-0.3, -0.25) is 14.5 Å². The Balaban J connectivity index is 1.66. The SMILES string of the molecule is NC(=O)C1CCCN1CC(=O)NC(c1ccccc1)C1CCCC1. The van der Waals surface area contributed by atoms with Crippen molar-refractivity contribution < 1.29 is 9.59 Å². The number of carbonyl (C=O) groups is 2. The van der Waals surface area contributed by atoms with Gasteiger partial charge in [-0.2, -0.15) is 0 Å². The number of benzene rings is 1. The Morgan fingerprint density at radius 1 is 1.12 bits per heavy atom. The maximum Gasteiger partial charge on any atom is 0.234 e. The first-order valence-electron chi connectivity index (χ1n) is 9.03. The third kappa shape index (κ3) is 3.96. The molecule has 5 nitrogen and oxygen atoms in total. The van der Waals surface area contributed by atoms with E-state index in [9.17, 15) is 9.59 Å². The van der Waals surface area contributed by atoms with Crippen LogP contribution in [-0.4, -0.2) is 35.8 Å². The summed E-state index contributed by atoms with van der Waals surface area (Å²) in [4.78, 5) is 26.0. The molecular formula is C19H27N3O2. The molecule has 3 N–H and O–H groups in total. The first kappa shape index (κ1) is 17.0. The summed E-state index contributed by atoms with van der Waals surface area (Å²) in [6.45, 7) is 1.02. The number of nitrogens with one attached hydrogen (secondary N) is 1. The van der Waals surface area contributed by atoms with Crippen molar-refractivity contribution in [2.45, 2.75) is 50.6 Å². The number of primary amides is 1. The van der Waals surface area contributed by atoms with Crippen molar-refractivity contribution in [3.8, 4) is 0 Å². The molecule has 1 aromatic rings. The molecular weight excluding hydrogens is 302 g/mol. The quantitative estimate of drug-likeness (QED) is 0.838. The highest BCUT2D eigenvalue weighted by Gasteiger charge is 2.32. The molecule has 5 heteroatoms. The van der Waals surface area contributed by atoms with Gasteiger partial charge in [0.1, 0.15) is 0 Å². The zero-order chi connectivity index (χ0) is 16.9. The van der Waals surface area contributed by atoms with E-state index in [0.717, 1.165) is 32.2 Å². The number of carbonyl (C=O) groups excluding carboxylic acids is 2. The average Bonchev–Trinajstić information content (AvgIpc) is 3.25. The van der Waals surface area contributed by atoms with Crippen LogP contribution in [-0.2, 0) is 9.59 Å². The number of likely N-dealkylation sites (tertiary alicyclic amines) is 1. The van der Waals surface area contributed by atoms with Crippen molar-refractivity contribution >= 4 is 11.8 Å². The van der Waals surface area contributed by atoms with Gasteiger partial charge in [0, 0.05) is 0 Å². The second-order valence-corrected chi connectivity index (χ2v) is 7.03. The largest absolute Gasteiger partial charge is 0.368 e. The van der Waals surface area contributed by atoms with Crippen LogP contribution in [0.3, 0.4) is 0 Å². The minimum absolute atomic E-state index is 0.0103. The van der Waals surface area contributed by atoms with Crippen LogP contribution in [0, 0.1) is 5.92 Å². The molecule has 2 amide bonds. The minimum atomic E-state index is -0.323. The van der Waals surface area contributed by atoms with Crippen LogP contribution in [0.1, 0.15) is 50.1 Å². The van der Waals surface area contributed by atoms with Gasteiger partial charge in [-0.05, 0) is 43.7 Å². The van der Waals surface area contributed by atoms with Gasteiger partial charge in [0.05, 0.1) is 18.6 Å². The number of amides is 2. The summed E-state index contributed by atoms with van der Waals surface area (Å²) < 4.78 is 0. The van der Waals surface area contributed by atoms with Crippen LogP contribution < -0.4 is 11.1 Å². The highest BCUT2D eigenvalue weighted by Crippen LogP contribution is 2.35. The van der Waals surface area contributed by atoms with E-state index in [4.69, 9.17) is 5.73 Å². The zero-order valence-corrected chi connectivity index (χ0v) is 14.1. The van der Waals surface area contributed by atoms with E-state index in [0.29, 0.717) is 5.92 Å². The summed E-state index contributed by atoms with van der Waals surface area (Å²) >= 11 is 0. The second kappa shape index (κ2) is 7.79. The summed E-state index contributed by atoms with van der Waals surface area (Å²) in [6.07, 6.45) is 6.47. The molecule has 1 saturated heterocycles. The van der Waals surface area contributed by atoms with Gasteiger partial charge in [0.2, 0.25) is 11.8 Å². The summed E-state index contributed by atoms with van der Waals surface area (Å²) in [5.74, 6) is 0.168. The lowest BCUT2D eigenvalue weighted by atomic mass is 9.91. The van der Waals surface area contributed by atoms with Crippen LogP contribution in [0.2, 0.25) is 0 Å². The van der Waals surface area contributed by atoms with Crippen LogP contribution in [0.5, 0.6) is 0 Å². The summed E-state index contributed by atoms with van der Waals surface area (Å²) in [5.41, 5.74) is 6.62. The maximum atomic E-state index is 12.6. The lowest BCUT2D eigenvalue weighted by molar-refractivity contribution is -0.126. The monoisotopic (exact) mass is 329 g/mol. The molecule has 130 valence electrons. The topological polar surface area (TPSA) is 75.4 Å². The third-order valence-corrected chi connectivity index (χ3v) is 5.39. The molecule has 2 fully saturated rings. The molecule has 0 aromatic heterocycles. The fourth-order valence-electron chi connectivity index (χ4n) is 4.17. The zero-order valence-electron chi connectivity index (χ0n) is 14.1. The Morgan fingerprint density at radius 2 is 1.83 bits per heavy atom. The standard InChI is InChI=1S/C19H27N3O2/c20-19(24)16-11-6-12-22(16)13-17(23)21-18(15-9-4-5-10-15)14-7-2-1-3-8-14/h1-3,7-8,15-16,18H,4-6,9-13H2,(H2,20,24)(H,21,23). The van der Waals surface area contributed by atoms with Crippen molar-refractivity contribution in [3.63, 3.8) is 0 Å². The predicted molar refractivity (Wildman–Crippen MR) is 93.1 cm³/mol. The molecule has 1 aliphatic carbocycles. The molecule has 24 heavy (non-hydrogen) atoms. The Bertz CT molecular complexity index is 569. The van der Waals surface area contributed by atoms with Gasteiger partial charge in [-0.25, -0.2) is 0 Å². The Kier molecular flexibility index (Phi) is 5.51. The van der Waals surface area contributed by atoms with Gasteiger partial charge >= 0.3 is 0 Å². The molecule has 1 heterocycles. The van der Waals surface area contributed by atoms with Crippen molar-refractivity contribution in [2.75, 3.05) is 13.1 Å². The maximum absolute atomic E-state index is 12.6. The molecule has 3 rings (SSSR count). The van der Waals surface area contributed by atoms with Gasteiger partial charge in [-0.15, -0.1) is 0 Å². The van der Waals surface area contributed by atoms with Crippen LogP contribution >= 0.6 is 0 Å². The molecule has 0 spiro atoms. The third-order valence-electron chi connectivity index (χ3n) is 5.39. The fraction of sp³-hybridized carbons (Fsp3) is 0.579. The van der Waals surface area contributed by atoms with E-state index >= 15 is 0 Å². The van der Waals surface area contributed by atoms with Gasteiger partial charge in [0.15, 0.2) is 0 Å². The number of nitrogens with zero attached hydrogens (tertiary/aromatic N) is 1. The van der Waals surface area contributed by atoms with Gasteiger partial charge < -0.3 is 11.1 Å². The summed E-state index contributed by atoms with van der Waals surface area (Å²) in [7, 11) is 0. The Labute approximate surface area is 143 Å². The molecule has 0 bridgehead atoms. The molecule has 0 radical (unpaired) electrons. The molecule has 2 unspecified atom stereocenters. The first-order chi connectivity index (χ1) is 11.6. The summed E-state index contributed by atoms with van der Waals surface area (Å²) in [5, 5.41) is 3.23. The Hall–Kier alpha value is -1.88. The van der Waals surface area contributed by atoms with Crippen molar-refractivity contribution in [3.05, 3.63) is 35.9 Å². The molecule has 2 aliphatic rings. The average molecular weight is 329 g/mol. The number of hydrogen-bond acceptors (Lipinski definition) is 3. The molecule has 1 saturated carbocycles. The van der Waals surface area contributed by atoms with Crippen LogP contribution in [0.4, 0.5) is 0 Å². The normalized spacial score (nSPS) is 23.2. The van der Waals surface area contributed by atoms with E-state index in [-0.39, 0.29) is 30.4 Å². The molecule has 1 aromatic carbocycles. The summed E-state index contributed by atoms with van der Waals surface area (Å²) in [6, 6.07) is 9.99. The highest BCUT2D eigenvalue weighted by molar-refractivity contribution is 5.83. The smallest absolute Gasteiger partial charge is 0.234 e. The van der Waals surface area contributed by atoms with E-state index in [1.54, 1.807) is 0 Å². The van der Waals surface area contributed by atoms with Gasteiger partial charge in [0.25, 0.3) is 0 Å². The first-order valence-corrected chi connectivity index (χ1v) is 9.03. The van der Waals surface area contributed by atoms with Crippen LogP contribution in [0.25, 0.3) is 0 Å². The van der Waals surface area contributed by atoms with Crippen molar-refractivity contribution in [2.24, 2.45) is 11.7 Å². The lowest BCUT2D eigenvalue weighted by Gasteiger charge is -2.27. The van der Waals surface area contributed by atoms with Gasteiger partial charge in [-0.1, -0.05) is 43.2 Å². The predicted octanol–water partition coefficient (Wildman–Crippen LogP) is 1.98. The van der Waals surface area contributed by atoms with E-state index in [2.05, 4.69) is 17.4 Å². The van der Waals surface area contributed by atoms with Crippen LogP contribution in [0.15, 0.2) is 30.3 Å². The van der Waals surface area contributed by atoms with Crippen molar-refractivity contribution in [1.29, 1.82) is 0 Å². The number of nitrogens with two attached hydrogens (primary N) is 1. The minimum Gasteiger partial charge on any atom is -0.368 e. The second-order valence-electron chi connectivity index (χ2n) is 7.03. The van der Waals surface area contributed by atoms with Crippen molar-refractivity contribution in [1.82, 2.24) is 10.2 Å². The van der Waals surface area contributed by atoms with E-state index in [1.807, 2.05) is 23.1 Å².